The number of amides is 2. The zero-order valence-corrected chi connectivity index (χ0v) is 21.4. The van der Waals surface area contributed by atoms with E-state index in [1.54, 1.807) is 4.90 Å². The molecule has 5 aliphatic rings. The van der Waals surface area contributed by atoms with Crippen LogP contribution in [0.3, 0.4) is 0 Å². The second-order valence-electron chi connectivity index (χ2n) is 11.5. The molecule has 3 heterocycles. The van der Waals surface area contributed by atoms with Gasteiger partial charge in [0.2, 0.25) is 5.91 Å². The minimum Gasteiger partial charge on any atom is -0.366 e. The fraction of sp³-hybridized carbons (Fsp3) is 0.679. The number of nitrogens with one attached hydrogen (secondary N) is 2. The third kappa shape index (κ3) is 4.89. The van der Waals surface area contributed by atoms with Crippen molar-refractivity contribution in [2.24, 2.45) is 17.6 Å². The highest BCUT2D eigenvalue weighted by atomic mass is 16.5. The van der Waals surface area contributed by atoms with Gasteiger partial charge in [-0.1, -0.05) is 19.3 Å². The molecule has 0 bridgehead atoms. The summed E-state index contributed by atoms with van der Waals surface area (Å²) >= 11 is 0. The summed E-state index contributed by atoms with van der Waals surface area (Å²) < 4.78 is 5.58. The van der Waals surface area contributed by atoms with Gasteiger partial charge in [0.05, 0.1) is 6.04 Å². The van der Waals surface area contributed by atoms with E-state index in [1.807, 2.05) is 24.3 Å². The van der Waals surface area contributed by atoms with Crippen LogP contribution in [0.15, 0.2) is 24.3 Å². The topological polar surface area (TPSA) is 117 Å². The molecule has 1 aromatic carbocycles. The second-order valence-corrected chi connectivity index (χ2v) is 11.5. The lowest BCUT2D eigenvalue weighted by atomic mass is 9.83. The average molecular weight is 510 g/mol. The molecule has 3 saturated heterocycles. The smallest absolute Gasteiger partial charge is 0.251 e. The Balaban J connectivity index is 1.18. The molecular weight excluding hydrogens is 470 g/mol. The van der Waals surface area contributed by atoms with Crippen LogP contribution < -0.4 is 21.3 Å². The molecule has 5 fully saturated rings. The maximum Gasteiger partial charge on any atom is 0.251 e. The number of piperazine rings is 1. The molecule has 1 unspecified atom stereocenters. The van der Waals surface area contributed by atoms with Gasteiger partial charge in [0.25, 0.3) is 5.91 Å². The second kappa shape index (κ2) is 10.3. The van der Waals surface area contributed by atoms with Gasteiger partial charge in [-0.15, -0.1) is 0 Å². The summed E-state index contributed by atoms with van der Waals surface area (Å²) in [5.41, 5.74) is 7.92. The van der Waals surface area contributed by atoms with E-state index >= 15 is 0 Å². The minimum absolute atomic E-state index is 0.00565. The van der Waals surface area contributed by atoms with E-state index < -0.39 is 18.2 Å². The predicted octanol–water partition coefficient (Wildman–Crippen LogP) is 1.06. The van der Waals surface area contributed by atoms with Crippen molar-refractivity contribution in [3.05, 3.63) is 29.8 Å². The lowest BCUT2D eigenvalue weighted by Crippen LogP contribution is -2.55. The van der Waals surface area contributed by atoms with Crippen LogP contribution in [0.25, 0.3) is 0 Å². The molecule has 6 rings (SSSR count). The first-order valence-electron chi connectivity index (χ1n) is 14.1. The highest BCUT2D eigenvalue weighted by Gasteiger charge is 2.52. The quantitative estimate of drug-likeness (QED) is 0.525. The molecule has 0 spiro atoms. The van der Waals surface area contributed by atoms with Crippen LogP contribution in [0.2, 0.25) is 0 Å². The van der Waals surface area contributed by atoms with Crippen LogP contribution in [0.5, 0.6) is 0 Å². The standard InChI is InChI=1S/C28H39N5O4/c29-21-15-33(25-23(34)16-37-26(21)25)28(36)24(18-4-2-1-3-5-18)31-27(35)19-8-10-20(11-9-19)32-13-12-30-14-22(32)17-6-7-17/h8-11,17-18,21-22,24-26,30H,1-7,12-16,29H2,(H,31,35)/t21-,22?,24-,25+,26+/m0/s1. The Morgan fingerprint density at radius 1 is 1.08 bits per heavy atom. The van der Waals surface area contributed by atoms with Gasteiger partial charge in [-0.3, -0.25) is 14.4 Å². The van der Waals surface area contributed by atoms with Crippen LogP contribution in [-0.2, 0) is 14.3 Å². The lowest BCUT2D eigenvalue weighted by Gasteiger charge is -2.38. The summed E-state index contributed by atoms with van der Waals surface area (Å²) in [5, 5.41) is 6.59. The van der Waals surface area contributed by atoms with E-state index in [1.165, 1.54) is 12.8 Å². The molecule has 2 aliphatic carbocycles. The molecular formula is C28H39N5O4. The molecule has 2 amide bonds. The fourth-order valence-electron chi connectivity index (χ4n) is 6.92. The van der Waals surface area contributed by atoms with Crippen LogP contribution in [-0.4, -0.2) is 85.6 Å². The highest BCUT2D eigenvalue weighted by molar-refractivity contribution is 5.99. The van der Waals surface area contributed by atoms with Gasteiger partial charge < -0.3 is 30.9 Å². The number of benzene rings is 1. The SMILES string of the molecule is N[C@H]1CN(C(=O)[C@@H](NC(=O)c2ccc(N3CCNCC3C3CC3)cc2)C2CCCCC2)[C@@H]2C(=O)CO[C@@H]21. The fourth-order valence-corrected chi connectivity index (χ4v) is 6.92. The van der Waals surface area contributed by atoms with E-state index in [9.17, 15) is 14.4 Å². The Bertz CT molecular complexity index is 1020. The van der Waals surface area contributed by atoms with Gasteiger partial charge in [0.1, 0.15) is 24.8 Å². The Hall–Kier alpha value is -2.49. The maximum absolute atomic E-state index is 13.8. The summed E-state index contributed by atoms with van der Waals surface area (Å²) in [6, 6.07) is 6.63. The average Bonchev–Trinajstić information content (AvgIpc) is 3.63. The van der Waals surface area contributed by atoms with Crippen molar-refractivity contribution < 1.29 is 19.1 Å². The largest absolute Gasteiger partial charge is 0.366 e. The lowest BCUT2D eigenvalue weighted by molar-refractivity contribution is -0.139. The molecule has 0 radical (unpaired) electrons. The number of hydrogen-bond donors (Lipinski definition) is 3. The van der Waals surface area contributed by atoms with Gasteiger partial charge in [-0.25, -0.2) is 0 Å². The Labute approximate surface area is 218 Å². The number of rotatable bonds is 6. The molecule has 4 N–H and O–H groups in total. The zero-order valence-electron chi connectivity index (χ0n) is 21.4. The maximum atomic E-state index is 13.8. The van der Waals surface area contributed by atoms with Crippen molar-refractivity contribution in [3.63, 3.8) is 0 Å². The normalized spacial score (nSPS) is 31.3. The Morgan fingerprint density at radius 2 is 1.84 bits per heavy atom. The molecule has 3 aliphatic heterocycles. The van der Waals surface area contributed by atoms with E-state index in [4.69, 9.17) is 10.5 Å². The molecule has 37 heavy (non-hydrogen) atoms. The summed E-state index contributed by atoms with van der Waals surface area (Å²) in [7, 11) is 0. The number of hydrogen-bond acceptors (Lipinski definition) is 7. The van der Waals surface area contributed by atoms with Gasteiger partial charge in [0, 0.05) is 43.5 Å². The third-order valence-electron chi connectivity index (χ3n) is 9.09. The van der Waals surface area contributed by atoms with Gasteiger partial charge in [-0.2, -0.15) is 0 Å². The van der Waals surface area contributed by atoms with Crippen LogP contribution in [0, 0.1) is 11.8 Å². The van der Waals surface area contributed by atoms with Crippen molar-refractivity contribution in [1.82, 2.24) is 15.5 Å². The van der Waals surface area contributed by atoms with Crippen molar-refractivity contribution in [2.45, 2.75) is 75.2 Å². The summed E-state index contributed by atoms with van der Waals surface area (Å²) in [4.78, 5) is 43.8. The number of nitrogens with two attached hydrogens (primary N) is 1. The number of anilines is 1. The number of Topliss-reactive ketones (excluding diaryl/α,β-unsaturated/α-hetero) is 1. The molecule has 2 saturated carbocycles. The minimum atomic E-state index is -0.667. The van der Waals surface area contributed by atoms with Gasteiger partial charge >= 0.3 is 0 Å². The Morgan fingerprint density at radius 3 is 2.57 bits per heavy atom. The van der Waals surface area contributed by atoms with E-state index in [0.717, 1.165) is 63.3 Å². The van der Waals surface area contributed by atoms with Crippen molar-refractivity contribution >= 4 is 23.3 Å². The zero-order chi connectivity index (χ0) is 25.5. The van der Waals surface area contributed by atoms with E-state index in [2.05, 4.69) is 15.5 Å². The third-order valence-corrected chi connectivity index (χ3v) is 9.09. The van der Waals surface area contributed by atoms with Crippen LogP contribution >= 0.6 is 0 Å². The molecule has 1 aromatic rings. The number of likely N-dealkylation sites (tertiary alicyclic amines) is 1. The van der Waals surface area contributed by atoms with E-state index in [0.29, 0.717) is 11.6 Å². The van der Waals surface area contributed by atoms with Crippen molar-refractivity contribution in [3.8, 4) is 0 Å². The molecule has 200 valence electrons. The Kier molecular flexibility index (Phi) is 6.94. The molecule has 0 aromatic heterocycles. The molecule has 9 nitrogen and oxygen atoms in total. The molecule has 9 heteroatoms. The number of fused-ring (bicyclic) bond motifs is 1. The summed E-state index contributed by atoms with van der Waals surface area (Å²) in [6.07, 6.45) is 7.14. The van der Waals surface area contributed by atoms with Crippen LogP contribution in [0.1, 0.15) is 55.3 Å². The van der Waals surface area contributed by atoms with Gasteiger partial charge in [-0.05, 0) is 61.8 Å². The van der Waals surface area contributed by atoms with Crippen LogP contribution in [0.4, 0.5) is 5.69 Å². The first-order chi connectivity index (χ1) is 18.0. The van der Waals surface area contributed by atoms with E-state index in [-0.39, 0.29) is 42.7 Å². The van der Waals surface area contributed by atoms with Gasteiger partial charge in [0.15, 0.2) is 5.78 Å². The first kappa shape index (κ1) is 24.8. The van der Waals surface area contributed by atoms with Crippen molar-refractivity contribution in [1.29, 1.82) is 0 Å². The number of carbonyl (C=O) groups is 3. The summed E-state index contributed by atoms with van der Waals surface area (Å²) in [6.45, 7) is 3.21. The monoisotopic (exact) mass is 509 g/mol. The van der Waals surface area contributed by atoms with Crippen molar-refractivity contribution in [2.75, 3.05) is 37.7 Å². The number of nitrogens with zero attached hydrogens (tertiary/aromatic N) is 2. The molecule has 5 atom stereocenters. The summed E-state index contributed by atoms with van der Waals surface area (Å²) in [5.74, 6) is 0.258. The number of ketones is 1. The number of carbonyl (C=O) groups excluding carboxylic acids is 3. The number of ether oxygens (including phenoxy) is 1. The predicted molar refractivity (Wildman–Crippen MR) is 139 cm³/mol. The first-order valence-corrected chi connectivity index (χ1v) is 14.1. The highest BCUT2D eigenvalue weighted by Crippen LogP contribution is 2.38.